The number of fused-ring (bicyclic) bond motifs is 1. The molecule has 1 aliphatic rings. The summed E-state index contributed by atoms with van der Waals surface area (Å²) in [4.78, 5) is 14.6. The molecule has 3 aromatic rings. The lowest BCUT2D eigenvalue weighted by Gasteiger charge is -2.27. The molecule has 1 aromatic carbocycles. The first-order valence-corrected chi connectivity index (χ1v) is 10.8. The number of aromatic nitrogens is 3. The number of nitrogens with zero attached hydrogens (tertiary/aromatic N) is 4. The first-order valence-electron chi connectivity index (χ1n) is 9.82. The maximum absolute atomic E-state index is 12.5. The monoisotopic (exact) mass is 415 g/mol. The van der Waals surface area contributed by atoms with Crippen LogP contribution in [0.3, 0.4) is 0 Å². The van der Waals surface area contributed by atoms with Gasteiger partial charge in [0.1, 0.15) is 11.3 Å². The maximum Gasteiger partial charge on any atom is 0.231 e. The SMILES string of the molecule is CCn1c(SCC(=O)N[C@@H](C)c2cc3ccccc3o2)nnc1N1CCOCC1. The smallest absolute Gasteiger partial charge is 0.231 e. The number of amides is 1. The Bertz CT molecular complexity index is 947. The molecule has 1 saturated heterocycles. The molecule has 0 spiro atoms. The summed E-state index contributed by atoms with van der Waals surface area (Å²) >= 11 is 1.40. The van der Waals surface area contributed by atoms with Crippen molar-refractivity contribution in [3.05, 3.63) is 36.1 Å². The van der Waals surface area contributed by atoms with E-state index in [1.54, 1.807) is 0 Å². The van der Waals surface area contributed by atoms with Crippen LogP contribution in [0.4, 0.5) is 5.95 Å². The van der Waals surface area contributed by atoms with Crippen LogP contribution in [0.1, 0.15) is 25.6 Å². The lowest BCUT2D eigenvalue weighted by atomic mass is 10.2. The van der Waals surface area contributed by atoms with E-state index in [0.717, 1.165) is 47.5 Å². The maximum atomic E-state index is 12.5. The van der Waals surface area contributed by atoms with Gasteiger partial charge in [-0.1, -0.05) is 30.0 Å². The Morgan fingerprint density at radius 1 is 1.28 bits per heavy atom. The molecule has 1 amide bonds. The number of anilines is 1. The van der Waals surface area contributed by atoms with Gasteiger partial charge < -0.3 is 19.4 Å². The van der Waals surface area contributed by atoms with E-state index in [1.807, 2.05) is 41.8 Å². The van der Waals surface area contributed by atoms with Gasteiger partial charge in [0.15, 0.2) is 5.16 Å². The van der Waals surface area contributed by atoms with E-state index in [9.17, 15) is 4.79 Å². The second kappa shape index (κ2) is 8.87. The van der Waals surface area contributed by atoms with Crippen molar-refractivity contribution in [1.82, 2.24) is 20.1 Å². The summed E-state index contributed by atoms with van der Waals surface area (Å²) in [5, 5.41) is 13.4. The summed E-state index contributed by atoms with van der Waals surface area (Å²) in [5.74, 6) is 1.79. The van der Waals surface area contributed by atoms with E-state index in [4.69, 9.17) is 9.15 Å². The zero-order valence-corrected chi connectivity index (χ0v) is 17.4. The molecule has 4 rings (SSSR count). The second-order valence-electron chi connectivity index (χ2n) is 6.89. The van der Waals surface area contributed by atoms with Gasteiger partial charge in [-0.15, -0.1) is 10.2 Å². The van der Waals surface area contributed by atoms with Crippen molar-refractivity contribution in [3.63, 3.8) is 0 Å². The van der Waals surface area contributed by atoms with Gasteiger partial charge in [0.25, 0.3) is 0 Å². The van der Waals surface area contributed by atoms with Crippen molar-refractivity contribution in [3.8, 4) is 0 Å². The number of ether oxygens (including phenoxy) is 1. The van der Waals surface area contributed by atoms with Crippen LogP contribution in [0, 0.1) is 0 Å². The first kappa shape index (κ1) is 19.8. The highest BCUT2D eigenvalue weighted by Gasteiger charge is 2.21. The zero-order valence-electron chi connectivity index (χ0n) is 16.6. The van der Waals surface area contributed by atoms with E-state index in [-0.39, 0.29) is 17.7 Å². The topological polar surface area (TPSA) is 85.4 Å². The third kappa shape index (κ3) is 4.40. The Hall–Kier alpha value is -2.52. The standard InChI is InChI=1S/C20H25N5O3S/c1-3-25-19(24-8-10-27-11-9-24)22-23-20(25)29-13-18(26)21-14(2)17-12-15-6-4-5-7-16(15)28-17/h4-7,12,14H,3,8-11,13H2,1-2H3,(H,21,26)/t14-/m0/s1. The fourth-order valence-corrected chi connectivity index (χ4v) is 4.17. The van der Waals surface area contributed by atoms with Crippen molar-refractivity contribution < 1.29 is 13.9 Å². The van der Waals surface area contributed by atoms with Crippen molar-refractivity contribution in [2.24, 2.45) is 0 Å². The van der Waals surface area contributed by atoms with Gasteiger partial charge in [0, 0.05) is 25.0 Å². The Morgan fingerprint density at radius 3 is 2.83 bits per heavy atom. The van der Waals surface area contributed by atoms with Crippen LogP contribution < -0.4 is 10.2 Å². The number of nitrogens with one attached hydrogen (secondary N) is 1. The van der Waals surface area contributed by atoms with Crippen LogP contribution in [0.2, 0.25) is 0 Å². The molecule has 1 N–H and O–H groups in total. The number of hydrogen-bond acceptors (Lipinski definition) is 7. The molecule has 0 radical (unpaired) electrons. The molecular weight excluding hydrogens is 390 g/mol. The number of morpholine rings is 1. The number of carbonyl (C=O) groups is 1. The molecule has 29 heavy (non-hydrogen) atoms. The number of furan rings is 1. The van der Waals surface area contributed by atoms with Gasteiger partial charge in [-0.05, 0) is 26.0 Å². The minimum absolute atomic E-state index is 0.0680. The molecule has 1 fully saturated rings. The van der Waals surface area contributed by atoms with Gasteiger partial charge in [-0.2, -0.15) is 0 Å². The molecule has 2 aromatic heterocycles. The fraction of sp³-hybridized carbons (Fsp3) is 0.450. The minimum atomic E-state index is -0.205. The Balaban J connectivity index is 1.36. The number of carbonyl (C=O) groups excluding carboxylic acids is 1. The molecule has 0 saturated carbocycles. The van der Waals surface area contributed by atoms with E-state index in [2.05, 4.69) is 27.3 Å². The predicted molar refractivity (Wildman–Crippen MR) is 112 cm³/mol. The molecule has 154 valence electrons. The van der Waals surface area contributed by atoms with Gasteiger partial charge in [-0.3, -0.25) is 9.36 Å². The lowest BCUT2D eigenvalue weighted by Crippen LogP contribution is -2.38. The molecule has 9 heteroatoms. The van der Waals surface area contributed by atoms with Crippen LogP contribution in [0.15, 0.2) is 39.9 Å². The molecule has 8 nitrogen and oxygen atoms in total. The Morgan fingerprint density at radius 2 is 2.07 bits per heavy atom. The van der Waals surface area contributed by atoms with Crippen LogP contribution in [0.25, 0.3) is 11.0 Å². The third-order valence-corrected chi connectivity index (χ3v) is 5.86. The van der Waals surface area contributed by atoms with E-state index in [1.165, 1.54) is 11.8 Å². The number of benzene rings is 1. The van der Waals surface area contributed by atoms with Crippen LogP contribution in [-0.2, 0) is 16.1 Å². The molecule has 0 bridgehead atoms. The molecular formula is C20H25N5O3S. The molecule has 3 heterocycles. The number of thioether (sulfide) groups is 1. The summed E-state index contributed by atoms with van der Waals surface area (Å²) in [6.45, 7) is 7.73. The largest absolute Gasteiger partial charge is 0.459 e. The average molecular weight is 416 g/mol. The van der Waals surface area contributed by atoms with Crippen LogP contribution in [0.5, 0.6) is 0 Å². The summed E-state index contributed by atoms with van der Waals surface area (Å²) in [6.07, 6.45) is 0. The minimum Gasteiger partial charge on any atom is -0.459 e. The van der Waals surface area contributed by atoms with Gasteiger partial charge in [-0.25, -0.2) is 0 Å². The molecule has 1 atom stereocenters. The van der Waals surface area contributed by atoms with Gasteiger partial charge >= 0.3 is 0 Å². The van der Waals surface area contributed by atoms with Gasteiger partial charge in [0.2, 0.25) is 11.9 Å². The van der Waals surface area contributed by atoms with E-state index in [0.29, 0.717) is 13.2 Å². The summed E-state index contributed by atoms with van der Waals surface area (Å²) in [6, 6.07) is 9.59. The fourth-order valence-electron chi connectivity index (χ4n) is 3.36. The third-order valence-electron chi connectivity index (χ3n) is 4.89. The van der Waals surface area contributed by atoms with Crippen molar-refractivity contribution in [2.75, 3.05) is 37.0 Å². The highest BCUT2D eigenvalue weighted by molar-refractivity contribution is 7.99. The average Bonchev–Trinajstić information content (AvgIpc) is 3.36. The van der Waals surface area contributed by atoms with Crippen LogP contribution in [-0.4, -0.2) is 52.7 Å². The van der Waals surface area contributed by atoms with E-state index >= 15 is 0 Å². The highest BCUT2D eigenvalue weighted by Crippen LogP contribution is 2.25. The zero-order chi connectivity index (χ0) is 20.2. The highest BCUT2D eigenvalue weighted by atomic mass is 32.2. The summed E-state index contributed by atoms with van der Waals surface area (Å²) in [5.41, 5.74) is 0.824. The predicted octanol–water partition coefficient (Wildman–Crippen LogP) is 2.85. The van der Waals surface area contributed by atoms with Crippen molar-refractivity contribution >= 4 is 34.6 Å². The first-order chi connectivity index (χ1) is 14.2. The van der Waals surface area contributed by atoms with Gasteiger partial charge in [0.05, 0.1) is 25.0 Å². The molecule has 0 unspecified atom stereocenters. The Kier molecular flexibility index (Phi) is 6.05. The second-order valence-corrected chi connectivity index (χ2v) is 7.83. The number of rotatable bonds is 7. The van der Waals surface area contributed by atoms with Crippen molar-refractivity contribution in [1.29, 1.82) is 0 Å². The number of para-hydroxylation sites is 1. The normalized spacial score (nSPS) is 15.6. The lowest BCUT2D eigenvalue weighted by molar-refractivity contribution is -0.119. The molecule has 1 aliphatic heterocycles. The van der Waals surface area contributed by atoms with E-state index < -0.39 is 0 Å². The van der Waals surface area contributed by atoms with Crippen LogP contribution >= 0.6 is 11.8 Å². The van der Waals surface area contributed by atoms with Crippen molar-refractivity contribution in [2.45, 2.75) is 31.6 Å². The number of hydrogen-bond donors (Lipinski definition) is 1. The molecule has 0 aliphatic carbocycles. The summed E-state index contributed by atoms with van der Waals surface area (Å²) < 4.78 is 13.3. The quantitative estimate of drug-likeness (QED) is 0.594. The Labute approximate surface area is 173 Å². The summed E-state index contributed by atoms with van der Waals surface area (Å²) in [7, 11) is 0.